The molecule has 0 saturated heterocycles. The van der Waals surface area contributed by atoms with Crippen LogP contribution in [-0.2, 0) is 9.59 Å². The quantitative estimate of drug-likeness (QED) is 0.844. The minimum absolute atomic E-state index is 0.156. The van der Waals surface area contributed by atoms with E-state index in [4.69, 9.17) is 5.11 Å². The van der Waals surface area contributed by atoms with E-state index in [0.717, 1.165) is 0 Å². The highest BCUT2D eigenvalue weighted by atomic mass is 19.2. The molecule has 0 heterocycles. The van der Waals surface area contributed by atoms with Crippen molar-refractivity contribution in [3.63, 3.8) is 0 Å². The van der Waals surface area contributed by atoms with Gasteiger partial charge in [-0.2, -0.15) is 0 Å². The molecule has 1 aliphatic carbocycles. The van der Waals surface area contributed by atoms with Gasteiger partial charge in [0, 0.05) is 23.7 Å². The Morgan fingerprint density at radius 3 is 1.95 bits per heavy atom. The lowest BCUT2D eigenvalue weighted by Crippen LogP contribution is -2.29. The van der Waals surface area contributed by atoms with Gasteiger partial charge in [-0.25, -0.2) is 13.2 Å². The standard InChI is InChI=1S/C14H14F3NO3/c15-10-5-9(6-11(16)12(10)17)18-13(19)7-1-3-8(4-2-7)14(20)21/h5-8H,1-4H2,(H,18,19)(H,20,21). The minimum Gasteiger partial charge on any atom is -0.481 e. The molecule has 0 spiro atoms. The number of benzene rings is 1. The number of carbonyl (C=O) groups excluding carboxylic acids is 1. The fourth-order valence-corrected chi connectivity index (χ4v) is 2.47. The fraction of sp³-hybridized carbons (Fsp3) is 0.429. The number of halogens is 3. The minimum atomic E-state index is -1.59. The number of rotatable bonds is 3. The van der Waals surface area contributed by atoms with E-state index < -0.39 is 41.2 Å². The maximum Gasteiger partial charge on any atom is 0.306 e. The van der Waals surface area contributed by atoms with Crippen LogP contribution in [0.4, 0.5) is 18.9 Å². The number of anilines is 1. The summed E-state index contributed by atoms with van der Waals surface area (Å²) in [6.45, 7) is 0. The Morgan fingerprint density at radius 1 is 1.00 bits per heavy atom. The van der Waals surface area contributed by atoms with E-state index in [-0.39, 0.29) is 5.69 Å². The molecule has 2 rings (SSSR count). The van der Waals surface area contributed by atoms with Crippen molar-refractivity contribution in [2.75, 3.05) is 5.32 Å². The molecule has 7 heteroatoms. The van der Waals surface area contributed by atoms with Gasteiger partial charge in [-0.1, -0.05) is 0 Å². The summed E-state index contributed by atoms with van der Waals surface area (Å²) in [5, 5.41) is 11.2. The van der Waals surface area contributed by atoms with Crippen molar-refractivity contribution in [3.05, 3.63) is 29.6 Å². The number of hydrogen-bond donors (Lipinski definition) is 2. The van der Waals surface area contributed by atoms with Gasteiger partial charge in [-0.3, -0.25) is 9.59 Å². The smallest absolute Gasteiger partial charge is 0.306 e. The zero-order valence-electron chi connectivity index (χ0n) is 11.0. The largest absolute Gasteiger partial charge is 0.481 e. The molecule has 1 amide bonds. The van der Waals surface area contributed by atoms with Crippen molar-refractivity contribution >= 4 is 17.6 Å². The van der Waals surface area contributed by atoms with Crippen LogP contribution in [0.5, 0.6) is 0 Å². The number of carboxylic acid groups (broad SMARTS) is 1. The summed E-state index contributed by atoms with van der Waals surface area (Å²) in [6.07, 6.45) is 1.57. The van der Waals surface area contributed by atoms with Crippen LogP contribution in [-0.4, -0.2) is 17.0 Å². The first kappa shape index (κ1) is 15.3. The first-order chi connectivity index (χ1) is 9.88. The Kier molecular flexibility index (Phi) is 4.50. The van der Waals surface area contributed by atoms with Gasteiger partial charge in [0.15, 0.2) is 17.5 Å². The van der Waals surface area contributed by atoms with E-state index in [9.17, 15) is 22.8 Å². The predicted octanol–water partition coefficient (Wildman–Crippen LogP) is 2.93. The van der Waals surface area contributed by atoms with Gasteiger partial charge >= 0.3 is 5.97 Å². The number of aliphatic carboxylic acids is 1. The molecule has 2 N–H and O–H groups in total. The maximum atomic E-state index is 13.0. The van der Waals surface area contributed by atoms with E-state index in [1.807, 2.05) is 0 Å². The first-order valence-electron chi connectivity index (χ1n) is 6.56. The van der Waals surface area contributed by atoms with Crippen molar-refractivity contribution in [2.45, 2.75) is 25.7 Å². The van der Waals surface area contributed by atoms with Gasteiger partial charge in [0.2, 0.25) is 5.91 Å². The van der Waals surface area contributed by atoms with E-state index in [0.29, 0.717) is 37.8 Å². The molecule has 1 aliphatic rings. The number of hydrogen-bond acceptors (Lipinski definition) is 2. The number of carbonyl (C=O) groups is 2. The number of carboxylic acids is 1. The van der Waals surface area contributed by atoms with E-state index in [2.05, 4.69) is 5.32 Å². The van der Waals surface area contributed by atoms with Gasteiger partial charge in [0.25, 0.3) is 0 Å². The lowest BCUT2D eigenvalue weighted by atomic mass is 9.81. The SMILES string of the molecule is O=C(O)C1CCC(C(=O)Nc2cc(F)c(F)c(F)c2)CC1. The molecule has 0 atom stereocenters. The Bertz CT molecular complexity index is 546. The fourth-order valence-electron chi connectivity index (χ4n) is 2.47. The lowest BCUT2D eigenvalue weighted by Gasteiger charge is -2.25. The van der Waals surface area contributed by atoms with Gasteiger partial charge < -0.3 is 10.4 Å². The molecular weight excluding hydrogens is 287 g/mol. The van der Waals surface area contributed by atoms with Crippen LogP contribution in [0, 0.1) is 29.3 Å². The Balaban J connectivity index is 1.98. The second-order valence-corrected chi connectivity index (χ2v) is 5.13. The third kappa shape index (κ3) is 3.53. The molecule has 1 fully saturated rings. The molecule has 1 saturated carbocycles. The zero-order valence-corrected chi connectivity index (χ0v) is 11.0. The summed E-state index contributed by atoms with van der Waals surface area (Å²) in [7, 11) is 0. The van der Waals surface area contributed by atoms with Gasteiger partial charge in [0.05, 0.1) is 5.92 Å². The van der Waals surface area contributed by atoms with Crippen LogP contribution >= 0.6 is 0 Å². The molecule has 114 valence electrons. The molecule has 0 bridgehead atoms. The number of amides is 1. The van der Waals surface area contributed by atoms with Gasteiger partial charge in [0.1, 0.15) is 0 Å². The predicted molar refractivity (Wildman–Crippen MR) is 68.0 cm³/mol. The van der Waals surface area contributed by atoms with Crippen LogP contribution in [0.2, 0.25) is 0 Å². The molecule has 21 heavy (non-hydrogen) atoms. The molecule has 4 nitrogen and oxygen atoms in total. The summed E-state index contributed by atoms with van der Waals surface area (Å²) in [5.74, 6) is -6.51. The summed E-state index contributed by atoms with van der Waals surface area (Å²) in [5.41, 5.74) is -0.156. The molecule has 0 unspecified atom stereocenters. The summed E-state index contributed by atoms with van der Waals surface area (Å²) in [4.78, 5) is 22.8. The second kappa shape index (κ2) is 6.15. The highest BCUT2D eigenvalue weighted by Crippen LogP contribution is 2.30. The lowest BCUT2D eigenvalue weighted by molar-refractivity contribution is -0.143. The van der Waals surface area contributed by atoms with E-state index >= 15 is 0 Å². The van der Waals surface area contributed by atoms with Crippen molar-refractivity contribution < 1.29 is 27.9 Å². The molecule has 0 aromatic heterocycles. The summed E-state index contributed by atoms with van der Waals surface area (Å²) in [6, 6.07) is 1.42. The Labute approximate surface area is 119 Å². The normalized spacial score (nSPS) is 21.9. The van der Waals surface area contributed by atoms with E-state index in [1.54, 1.807) is 0 Å². The van der Waals surface area contributed by atoms with Crippen molar-refractivity contribution in [2.24, 2.45) is 11.8 Å². The van der Waals surface area contributed by atoms with Gasteiger partial charge in [-0.05, 0) is 25.7 Å². The topological polar surface area (TPSA) is 66.4 Å². The van der Waals surface area contributed by atoms with Crippen LogP contribution in [0.1, 0.15) is 25.7 Å². The first-order valence-corrected chi connectivity index (χ1v) is 6.56. The molecule has 0 aliphatic heterocycles. The third-order valence-corrected chi connectivity index (χ3v) is 3.70. The number of nitrogens with one attached hydrogen (secondary N) is 1. The average molecular weight is 301 g/mol. The van der Waals surface area contributed by atoms with E-state index in [1.165, 1.54) is 0 Å². The summed E-state index contributed by atoms with van der Waals surface area (Å²) >= 11 is 0. The highest BCUT2D eigenvalue weighted by molar-refractivity contribution is 5.92. The van der Waals surface area contributed by atoms with Crippen LogP contribution < -0.4 is 5.32 Å². The zero-order chi connectivity index (χ0) is 15.6. The van der Waals surface area contributed by atoms with Crippen LogP contribution in [0.3, 0.4) is 0 Å². The average Bonchev–Trinajstić information content (AvgIpc) is 2.44. The van der Waals surface area contributed by atoms with Crippen molar-refractivity contribution in [1.82, 2.24) is 0 Å². The van der Waals surface area contributed by atoms with Gasteiger partial charge in [-0.15, -0.1) is 0 Å². The highest BCUT2D eigenvalue weighted by Gasteiger charge is 2.29. The van der Waals surface area contributed by atoms with Crippen molar-refractivity contribution in [3.8, 4) is 0 Å². The molecule has 0 radical (unpaired) electrons. The van der Waals surface area contributed by atoms with Crippen LogP contribution in [0.25, 0.3) is 0 Å². The van der Waals surface area contributed by atoms with Crippen LogP contribution in [0.15, 0.2) is 12.1 Å². The third-order valence-electron chi connectivity index (χ3n) is 3.70. The monoisotopic (exact) mass is 301 g/mol. The molecular formula is C14H14F3NO3. The van der Waals surface area contributed by atoms with Crippen molar-refractivity contribution in [1.29, 1.82) is 0 Å². The Hall–Kier alpha value is -2.05. The molecule has 1 aromatic rings. The summed E-state index contributed by atoms with van der Waals surface area (Å²) < 4.78 is 38.9. The Morgan fingerprint density at radius 2 is 1.48 bits per heavy atom. The maximum absolute atomic E-state index is 13.0. The molecule has 1 aromatic carbocycles. The second-order valence-electron chi connectivity index (χ2n) is 5.13.